The van der Waals surface area contributed by atoms with Gasteiger partial charge in [0.1, 0.15) is 12.5 Å². The number of allylic oxidation sites excluding steroid dienone is 2. The van der Waals surface area contributed by atoms with E-state index in [1.807, 2.05) is 0 Å². The van der Waals surface area contributed by atoms with Gasteiger partial charge in [-0.25, -0.2) is 0 Å². The van der Waals surface area contributed by atoms with Gasteiger partial charge in [0.25, 0.3) is 10.1 Å². The third-order valence-electron chi connectivity index (χ3n) is 2.64. The molecule has 9 heteroatoms. The van der Waals surface area contributed by atoms with E-state index >= 15 is 0 Å². The molecule has 1 aliphatic carbocycles. The molecule has 1 heterocycles. The summed E-state index contributed by atoms with van der Waals surface area (Å²) in [6, 6.07) is 0. The molecule has 1 unspecified atom stereocenters. The Kier molecular flexibility index (Phi) is 3.91. The molecule has 0 bridgehead atoms. The average Bonchev–Trinajstić information content (AvgIpc) is 2.25. The number of Topliss-reactive ketones (excluding diaryl/α,β-unsaturated/α-hetero) is 2. The number of hydrogen-bond acceptors (Lipinski definition) is 6. The molecule has 0 fully saturated rings. The van der Waals surface area contributed by atoms with Crippen molar-refractivity contribution in [3.8, 4) is 0 Å². The Morgan fingerprint density at radius 2 is 1.72 bits per heavy atom. The van der Waals surface area contributed by atoms with Gasteiger partial charge in [0.15, 0.2) is 4.75 Å². The van der Waals surface area contributed by atoms with Crippen molar-refractivity contribution < 1.29 is 32.0 Å². The van der Waals surface area contributed by atoms with Gasteiger partial charge >= 0.3 is 23.1 Å². The van der Waals surface area contributed by atoms with E-state index in [4.69, 9.17) is 14.0 Å². The standard InChI is InChI=1S/C9H8O7S.Mg.2H/c1-9(17(12,13)14)4-5(10)6-7(8(9)11)16-3-2-15-6;;;/h2-3H,4H2,1H3,(H,12,13,14);;;. The van der Waals surface area contributed by atoms with E-state index in [1.165, 1.54) is 0 Å². The van der Waals surface area contributed by atoms with Crippen molar-refractivity contribution in [1.82, 2.24) is 0 Å². The molecule has 1 atom stereocenters. The zero-order valence-electron chi connectivity index (χ0n) is 8.67. The minimum Gasteiger partial charge on any atom is -0.454 e. The van der Waals surface area contributed by atoms with E-state index in [0.717, 1.165) is 19.4 Å². The average molecular weight is 287 g/mol. The summed E-state index contributed by atoms with van der Waals surface area (Å²) in [6.45, 7) is 0.966. The molecule has 0 saturated heterocycles. The number of ether oxygens (including phenoxy) is 2. The van der Waals surface area contributed by atoms with Gasteiger partial charge in [-0.2, -0.15) is 8.42 Å². The topological polar surface area (TPSA) is 107 Å². The van der Waals surface area contributed by atoms with Gasteiger partial charge in [-0.05, 0) is 6.92 Å². The van der Waals surface area contributed by atoms with Crippen LogP contribution in [0.2, 0.25) is 0 Å². The first-order valence-corrected chi connectivity index (χ1v) is 5.99. The Hall–Kier alpha value is -0.904. The fraction of sp³-hybridized carbons (Fsp3) is 0.333. The van der Waals surface area contributed by atoms with E-state index in [9.17, 15) is 18.0 Å². The Morgan fingerprint density at radius 1 is 1.22 bits per heavy atom. The fourth-order valence-electron chi connectivity index (χ4n) is 1.56. The van der Waals surface area contributed by atoms with Crippen LogP contribution >= 0.6 is 0 Å². The molecule has 0 aromatic heterocycles. The summed E-state index contributed by atoms with van der Waals surface area (Å²) in [4.78, 5) is 23.5. The molecule has 0 aromatic carbocycles. The molecular formula is C9H10MgO7S. The maximum absolute atomic E-state index is 11.9. The lowest BCUT2D eigenvalue weighted by molar-refractivity contribution is -0.129. The van der Waals surface area contributed by atoms with Crippen LogP contribution in [-0.4, -0.2) is 52.3 Å². The van der Waals surface area contributed by atoms with Gasteiger partial charge in [-0.1, -0.05) is 0 Å². The molecule has 0 spiro atoms. The van der Waals surface area contributed by atoms with Crippen molar-refractivity contribution in [3.63, 3.8) is 0 Å². The largest absolute Gasteiger partial charge is 0.454 e. The first-order chi connectivity index (χ1) is 7.77. The lowest BCUT2D eigenvalue weighted by Crippen LogP contribution is -2.50. The molecule has 18 heavy (non-hydrogen) atoms. The molecule has 96 valence electrons. The highest BCUT2D eigenvalue weighted by Crippen LogP contribution is 2.35. The second-order valence-corrected chi connectivity index (χ2v) is 5.65. The van der Waals surface area contributed by atoms with E-state index < -0.39 is 38.6 Å². The lowest BCUT2D eigenvalue weighted by atomic mass is 9.90. The molecule has 1 N–H and O–H groups in total. The summed E-state index contributed by atoms with van der Waals surface area (Å²) >= 11 is 0. The smallest absolute Gasteiger partial charge is 0.316 e. The van der Waals surface area contributed by atoms with E-state index in [1.54, 1.807) is 0 Å². The number of carbonyl (C=O) groups is 2. The van der Waals surface area contributed by atoms with Crippen molar-refractivity contribution in [2.45, 2.75) is 18.1 Å². The summed E-state index contributed by atoms with van der Waals surface area (Å²) in [5.74, 6) is -2.55. The fourth-order valence-corrected chi connectivity index (χ4v) is 2.20. The van der Waals surface area contributed by atoms with Gasteiger partial charge in [0, 0.05) is 6.42 Å². The highest BCUT2D eigenvalue weighted by atomic mass is 32.2. The molecule has 2 aliphatic rings. The summed E-state index contributed by atoms with van der Waals surface area (Å²) in [6.07, 6.45) is 1.38. The maximum Gasteiger partial charge on any atom is 0.316 e. The minimum absolute atomic E-state index is 0. The van der Waals surface area contributed by atoms with Crippen LogP contribution < -0.4 is 0 Å². The molecule has 7 nitrogen and oxygen atoms in total. The van der Waals surface area contributed by atoms with Crippen molar-refractivity contribution >= 4 is 44.7 Å². The molecule has 0 aromatic rings. The summed E-state index contributed by atoms with van der Waals surface area (Å²) < 4.78 is 38.8. The molecule has 1 aliphatic heterocycles. The number of hydrogen-bond donors (Lipinski definition) is 1. The van der Waals surface area contributed by atoms with Gasteiger partial charge in [-0.3, -0.25) is 14.1 Å². The summed E-state index contributed by atoms with van der Waals surface area (Å²) in [7, 11) is -4.72. The van der Waals surface area contributed by atoms with Crippen LogP contribution in [0.3, 0.4) is 0 Å². The van der Waals surface area contributed by atoms with Crippen LogP contribution in [0.4, 0.5) is 0 Å². The second kappa shape index (κ2) is 4.65. The molecule has 2 rings (SSSR count). The number of rotatable bonds is 1. The van der Waals surface area contributed by atoms with Crippen molar-refractivity contribution in [3.05, 3.63) is 24.0 Å². The van der Waals surface area contributed by atoms with Crippen LogP contribution in [0.25, 0.3) is 0 Å². The summed E-state index contributed by atoms with van der Waals surface area (Å²) in [5, 5.41) is 0. The van der Waals surface area contributed by atoms with E-state index in [2.05, 4.69) is 0 Å². The third kappa shape index (κ3) is 2.07. The summed E-state index contributed by atoms with van der Waals surface area (Å²) in [5.41, 5.74) is 0. The highest BCUT2D eigenvalue weighted by Gasteiger charge is 2.54. The first kappa shape index (κ1) is 15.2. The molecule has 0 radical (unpaired) electrons. The maximum atomic E-state index is 11.9. The highest BCUT2D eigenvalue weighted by molar-refractivity contribution is 7.88. The number of ketones is 2. The normalized spacial score (nSPS) is 27.0. The zero-order valence-corrected chi connectivity index (χ0v) is 9.48. The predicted molar refractivity (Wildman–Crippen MR) is 61.5 cm³/mol. The van der Waals surface area contributed by atoms with Crippen molar-refractivity contribution in [2.24, 2.45) is 0 Å². The van der Waals surface area contributed by atoms with Gasteiger partial charge in [0.2, 0.25) is 23.1 Å². The van der Waals surface area contributed by atoms with Crippen LogP contribution in [0.15, 0.2) is 24.0 Å². The van der Waals surface area contributed by atoms with Gasteiger partial charge in [0.05, 0.1) is 0 Å². The quantitative estimate of drug-likeness (QED) is 0.486. The van der Waals surface area contributed by atoms with Crippen LogP contribution in [-0.2, 0) is 29.2 Å². The first-order valence-electron chi connectivity index (χ1n) is 4.55. The Labute approximate surface area is 119 Å². The molecule has 0 amide bonds. The SMILES string of the molecule is CC1(S(=O)(=O)O)CC(=O)C2=C(OC=CO2)C1=O.[MgH2]. The minimum atomic E-state index is -4.72. The van der Waals surface area contributed by atoms with E-state index in [0.29, 0.717) is 0 Å². The van der Waals surface area contributed by atoms with Crippen molar-refractivity contribution in [1.29, 1.82) is 0 Å². The second-order valence-electron chi connectivity index (χ2n) is 3.80. The van der Waals surface area contributed by atoms with Crippen LogP contribution in [0.1, 0.15) is 13.3 Å². The van der Waals surface area contributed by atoms with Crippen molar-refractivity contribution in [2.75, 3.05) is 0 Å². The predicted octanol–water partition coefficient (Wildman–Crippen LogP) is -1.01. The van der Waals surface area contributed by atoms with Gasteiger partial charge < -0.3 is 9.47 Å². The monoisotopic (exact) mass is 286 g/mol. The van der Waals surface area contributed by atoms with E-state index in [-0.39, 0.29) is 28.8 Å². The van der Waals surface area contributed by atoms with Crippen LogP contribution in [0.5, 0.6) is 0 Å². The third-order valence-corrected chi connectivity index (χ3v) is 4.11. The van der Waals surface area contributed by atoms with Crippen LogP contribution in [0, 0.1) is 0 Å². The Bertz CT molecular complexity index is 574. The number of carbonyl (C=O) groups excluding carboxylic acids is 2. The zero-order chi connectivity index (χ0) is 12.8. The lowest BCUT2D eigenvalue weighted by Gasteiger charge is -2.30. The Morgan fingerprint density at radius 3 is 2.22 bits per heavy atom. The molecular weight excluding hydrogens is 276 g/mol. The molecule has 0 saturated carbocycles. The van der Waals surface area contributed by atoms with Gasteiger partial charge in [-0.15, -0.1) is 0 Å². The Balaban J connectivity index is 0.00000162.